The number of aromatic amines is 1. The molecule has 1 aliphatic heterocycles. The average molecular weight is 399 g/mol. The number of nitrogens with two attached hydrogens (primary N) is 1. The molecule has 29 heavy (non-hydrogen) atoms. The summed E-state index contributed by atoms with van der Waals surface area (Å²) >= 11 is 0. The molecule has 0 spiro atoms. The van der Waals surface area contributed by atoms with Crippen molar-refractivity contribution in [3.8, 4) is 11.3 Å². The lowest BCUT2D eigenvalue weighted by atomic mass is 10.0. The summed E-state index contributed by atoms with van der Waals surface area (Å²) in [5, 5.41) is 12.2. The van der Waals surface area contributed by atoms with Crippen molar-refractivity contribution in [1.82, 2.24) is 24.5 Å². The molecule has 0 bridgehead atoms. The summed E-state index contributed by atoms with van der Waals surface area (Å²) in [6.07, 6.45) is 3.11. The number of ether oxygens (including phenoxy) is 1. The SMILES string of the molecule is CO[C@@H]1CCN(c2cc(-c3cn([C@@H](C)C(C)C)c(=O)c4c(N)n[nH]c34)nn2C)C1. The fourth-order valence-electron chi connectivity index (χ4n) is 3.99. The van der Waals surface area contributed by atoms with E-state index in [4.69, 9.17) is 15.6 Å². The second-order valence-corrected chi connectivity index (χ2v) is 8.20. The van der Waals surface area contributed by atoms with E-state index in [-0.39, 0.29) is 23.5 Å². The van der Waals surface area contributed by atoms with Crippen LogP contribution in [0.4, 0.5) is 11.6 Å². The number of aryl methyl sites for hydroxylation is 1. The number of nitrogens with zero attached hydrogens (tertiary/aromatic N) is 5. The Kier molecular flexibility index (Phi) is 4.85. The van der Waals surface area contributed by atoms with Crippen molar-refractivity contribution in [2.24, 2.45) is 13.0 Å². The van der Waals surface area contributed by atoms with Gasteiger partial charge in [0.05, 0.1) is 17.3 Å². The van der Waals surface area contributed by atoms with Gasteiger partial charge in [0.15, 0.2) is 5.82 Å². The Balaban J connectivity index is 1.85. The van der Waals surface area contributed by atoms with Crippen LogP contribution >= 0.6 is 0 Å². The highest BCUT2D eigenvalue weighted by Gasteiger charge is 2.26. The van der Waals surface area contributed by atoms with Crippen LogP contribution in [0.15, 0.2) is 17.1 Å². The predicted octanol–water partition coefficient (Wildman–Crippen LogP) is 2.15. The Hall–Kier alpha value is -2.81. The number of fused-ring (bicyclic) bond motifs is 1. The Labute approximate surface area is 169 Å². The number of methoxy groups -OCH3 is 1. The maximum Gasteiger partial charge on any atom is 0.264 e. The van der Waals surface area contributed by atoms with Gasteiger partial charge in [-0.25, -0.2) is 0 Å². The number of rotatable bonds is 5. The Bertz CT molecular complexity index is 1090. The van der Waals surface area contributed by atoms with Gasteiger partial charge in [-0.1, -0.05) is 13.8 Å². The van der Waals surface area contributed by atoms with E-state index in [1.807, 2.05) is 24.9 Å². The molecule has 1 aliphatic rings. The lowest BCUT2D eigenvalue weighted by Crippen LogP contribution is -2.26. The number of nitrogen functional groups attached to an aromatic ring is 1. The zero-order chi connectivity index (χ0) is 20.9. The van der Waals surface area contributed by atoms with Gasteiger partial charge in [-0.3, -0.25) is 14.6 Å². The summed E-state index contributed by atoms with van der Waals surface area (Å²) in [4.78, 5) is 15.3. The van der Waals surface area contributed by atoms with Crippen LogP contribution in [0.25, 0.3) is 22.2 Å². The summed E-state index contributed by atoms with van der Waals surface area (Å²) in [5.41, 5.74) is 8.13. The third kappa shape index (κ3) is 3.19. The molecule has 2 atom stereocenters. The van der Waals surface area contributed by atoms with E-state index in [0.717, 1.165) is 36.6 Å². The van der Waals surface area contributed by atoms with Crippen LogP contribution in [0.3, 0.4) is 0 Å². The summed E-state index contributed by atoms with van der Waals surface area (Å²) in [6, 6.07) is 2.07. The van der Waals surface area contributed by atoms with Crippen molar-refractivity contribution in [2.45, 2.75) is 39.3 Å². The van der Waals surface area contributed by atoms with Gasteiger partial charge in [-0.05, 0) is 19.3 Å². The first-order valence-electron chi connectivity index (χ1n) is 10.0. The molecule has 3 N–H and O–H groups in total. The van der Waals surface area contributed by atoms with Gasteiger partial charge in [-0.2, -0.15) is 10.2 Å². The van der Waals surface area contributed by atoms with Gasteiger partial charge in [-0.15, -0.1) is 0 Å². The van der Waals surface area contributed by atoms with E-state index < -0.39 is 0 Å². The van der Waals surface area contributed by atoms with Crippen LogP contribution in [-0.2, 0) is 11.8 Å². The van der Waals surface area contributed by atoms with Crippen LogP contribution in [-0.4, -0.2) is 50.8 Å². The Morgan fingerprint density at radius 3 is 2.76 bits per heavy atom. The lowest BCUT2D eigenvalue weighted by molar-refractivity contribution is 0.121. The number of aromatic nitrogens is 5. The average Bonchev–Trinajstić information content (AvgIpc) is 3.40. The second-order valence-electron chi connectivity index (χ2n) is 8.20. The fourth-order valence-corrected chi connectivity index (χ4v) is 3.99. The molecular formula is C20H29N7O2. The summed E-state index contributed by atoms with van der Waals surface area (Å²) in [7, 11) is 3.69. The van der Waals surface area contributed by atoms with E-state index >= 15 is 0 Å². The van der Waals surface area contributed by atoms with E-state index in [1.54, 1.807) is 11.7 Å². The van der Waals surface area contributed by atoms with E-state index in [9.17, 15) is 4.79 Å². The number of H-pyrrole nitrogens is 1. The standard InChI is InChI=1S/C20H29N7O2/c1-11(2)12(3)27-10-14(18-17(20(27)28)19(21)23-22-18)15-8-16(25(4)24-15)26-7-6-13(9-26)29-5/h8,10-13H,6-7,9H2,1-5H3,(H3,21,22,23)/t12-,13+/m0/s1. The second kappa shape index (κ2) is 7.22. The number of hydrogen-bond donors (Lipinski definition) is 2. The van der Waals surface area contributed by atoms with Crippen molar-refractivity contribution in [1.29, 1.82) is 0 Å². The molecule has 1 fully saturated rings. The third-order valence-electron chi connectivity index (χ3n) is 6.12. The van der Waals surface area contributed by atoms with Crippen molar-refractivity contribution in [3.63, 3.8) is 0 Å². The molecule has 4 rings (SSSR count). The largest absolute Gasteiger partial charge is 0.382 e. The highest BCUT2D eigenvalue weighted by atomic mass is 16.5. The van der Waals surface area contributed by atoms with Gasteiger partial charge >= 0.3 is 0 Å². The molecule has 0 saturated carbocycles. The van der Waals surface area contributed by atoms with Crippen molar-refractivity contribution < 1.29 is 4.74 Å². The lowest BCUT2D eigenvalue weighted by Gasteiger charge is -2.20. The predicted molar refractivity (Wildman–Crippen MR) is 114 cm³/mol. The molecule has 3 aromatic rings. The van der Waals surface area contributed by atoms with Gasteiger partial charge in [0.1, 0.15) is 11.2 Å². The summed E-state index contributed by atoms with van der Waals surface area (Å²) in [5.74, 6) is 1.53. The number of anilines is 2. The van der Waals surface area contributed by atoms with Crippen molar-refractivity contribution in [2.75, 3.05) is 30.8 Å². The van der Waals surface area contributed by atoms with E-state index in [0.29, 0.717) is 16.8 Å². The highest BCUT2D eigenvalue weighted by Crippen LogP contribution is 2.32. The van der Waals surface area contributed by atoms with E-state index in [1.165, 1.54) is 0 Å². The first kappa shape index (κ1) is 19.5. The van der Waals surface area contributed by atoms with Crippen LogP contribution in [0, 0.1) is 5.92 Å². The summed E-state index contributed by atoms with van der Waals surface area (Å²) in [6.45, 7) is 7.99. The Morgan fingerprint density at radius 1 is 1.34 bits per heavy atom. The zero-order valence-electron chi connectivity index (χ0n) is 17.6. The summed E-state index contributed by atoms with van der Waals surface area (Å²) < 4.78 is 9.12. The normalized spacial score (nSPS) is 18.3. The molecule has 0 aromatic carbocycles. The monoisotopic (exact) mass is 399 g/mol. The topological polar surface area (TPSA) is 107 Å². The van der Waals surface area contributed by atoms with Crippen molar-refractivity contribution in [3.05, 3.63) is 22.6 Å². The van der Waals surface area contributed by atoms with E-state index in [2.05, 4.69) is 35.0 Å². The smallest absolute Gasteiger partial charge is 0.264 e. The van der Waals surface area contributed by atoms with Gasteiger partial charge in [0, 0.05) is 51.1 Å². The molecule has 0 amide bonds. The molecule has 1 saturated heterocycles. The Morgan fingerprint density at radius 2 is 2.10 bits per heavy atom. The first-order chi connectivity index (χ1) is 13.8. The minimum absolute atomic E-state index is 0.0178. The first-order valence-corrected chi connectivity index (χ1v) is 10.0. The molecule has 9 nitrogen and oxygen atoms in total. The van der Waals surface area contributed by atoms with Crippen LogP contribution in [0.2, 0.25) is 0 Å². The highest BCUT2D eigenvalue weighted by molar-refractivity contribution is 5.97. The molecule has 0 radical (unpaired) electrons. The maximum atomic E-state index is 13.1. The minimum atomic E-state index is -0.130. The van der Waals surface area contributed by atoms with Crippen LogP contribution in [0.1, 0.15) is 33.2 Å². The molecule has 9 heteroatoms. The number of nitrogens with one attached hydrogen (secondary N) is 1. The molecular weight excluding hydrogens is 370 g/mol. The molecule has 3 aromatic heterocycles. The van der Waals surface area contributed by atoms with Crippen LogP contribution < -0.4 is 16.2 Å². The van der Waals surface area contributed by atoms with Gasteiger partial charge < -0.3 is 19.9 Å². The zero-order valence-corrected chi connectivity index (χ0v) is 17.6. The van der Waals surface area contributed by atoms with Crippen molar-refractivity contribution >= 4 is 22.5 Å². The third-order valence-corrected chi connectivity index (χ3v) is 6.12. The van der Waals surface area contributed by atoms with Gasteiger partial charge in [0.2, 0.25) is 0 Å². The molecule has 0 unspecified atom stereocenters. The number of hydrogen-bond acceptors (Lipinski definition) is 6. The molecule has 0 aliphatic carbocycles. The molecule has 156 valence electrons. The fraction of sp³-hybridized carbons (Fsp3) is 0.550. The van der Waals surface area contributed by atoms with Gasteiger partial charge in [0.25, 0.3) is 5.56 Å². The number of pyridine rings is 1. The quantitative estimate of drug-likeness (QED) is 0.681. The maximum absolute atomic E-state index is 13.1. The minimum Gasteiger partial charge on any atom is -0.382 e. The molecule has 4 heterocycles. The van der Waals surface area contributed by atoms with Crippen LogP contribution in [0.5, 0.6) is 0 Å².